The Bertz CT molecular complexity index is 644. The number of para-hydroxylation sites is 1. The van der Waals surface area contributed by atoms with Crippen molar-refractivity contribution in [2.75, 3.05) is 10.6 Å². The van der Waals surface area contributed by atoms with E-state index in [-0.39, 0.29) is 6.42 Å². The van der Waals surface area contributed by atoms with Gasteiger partial charge in [-0.05, 0) is 12.1 Å². The molecular weight excluding hydrogens is 302 g/mol. The third-order valence-corrected chi connectivity index (χ3v) is 3.36. The molecule has 6 nitrogen and oxygen atoms in total. The second kappa shape index (κ2) is 6.36. The molecule has 0 radical (unpaired) electrons. The van der Waals surface area contributed by atoms with E-state index in [1.54, 1.807) is 29.6 Å². The van der Waals surface area contributed by atoms with Gasteiger partial charge in [0.2, 0.25) is 0 Å². The average molecular weight is 312 g/mol. The molecule has 0 atom stereocenters. The SMILES string of the molecule is O=C(O)Cc1csc(NC(=O)Nc2ccccc2Cl)n1. The van der Waals surface area contributed by atoms with Gasteiger partial charge in [0.15, 0.2) is 5.13 Å². The van der Waals surface area contributed by atoms with E-state index in [1.165, 1.54) is 0 Å². The van der Waals surface area contributed by atoms with Crippen LogP contribution >= 0.6 is 22.9 Å². The Kier molecular flexibility index (Phi) is 4.54. The van der Waals surface area contributed by atoms with Crippen LogP contribution in [0.5, 0.6) is 0 Å². The van der Waals surface area contributed by atoms with Crippen molar-refractivity contribution in [2.24, 2.45) is 0 Å². The van der Waals surface area contributed by atoms with Crippen LogP contribution in [-0.4, -0.2) is 22.1 Å². The topological polar surface area (TPSA) is 91.3 Å². The maximum absolute atomic E-state index is 11.7. The number of thiazole rings is 1. The van der Waals surface area contributed by atoms with Crippen LogP contribution < -0.4 is 10.6 Å². The van der Waals surface area contributed by atoms with Gasteiger partial charge in [0.1, 0.15) is 0 Å². The summed E-state index contributed by atoms with van der Waals surface area (Å²) in [6, 6.07) is 6.33. The number of carbonyl (C=O) groups excluding carboxylic acids is 1. The fourth-order valence-corrected chi connectivity index (χ4v) is 2.30. The molecule has 2 aromatic rings. The predicted molar refractivity (Wildman–Crippen MR) is 77.5 cm³/mol. The highest BCUT2D eigenvalue weighted by Gasteiger charge is 2.10. The van der Waals surface area contributed by atoms with Gasteiger partial charge in [0, 0.05) is 5.38 Å². The molecule has 0 bridgehead atoms. The molecule has 2 rings (SSSR count). The monoisotopic (exact) mass is 311 g/mol. The molecule has 0 fully saturated rings. The molecule has 0 saturated heterocycles. The second-order valence-corrected chi connectivity index (χ2v) is 5.04. The zero-order valence-electron chi connectivity index (χ0n) is 10.1. The number of carboxylic acids is 1. The van der Waals surface area contributed by atoms with E-state index >= 15 is 0 Å². The molecule has 20 heavy (non-hydrogen) atoms. The van der Waals surface area contributed by atoms with E-state index in [0.29, 0.717) is 21.5 Å². The number of amides is 2. The number of carbonyl (C=O) groups is 2. The van der Waals surface area contributed by atoms with Crippen LogP contribution in [0.2, 0.25) is 5.02 Å². The van der Waals surface area contributed by atoms with E-state index < -0.39 is 12.0 Å². The standard InChI is InChI=1S/C12H10ClN3O3S/c13-8-3-1-2-4-9(8)15-11(19)16-12-14-7(6-20-12)5-10(17)18/h1-4,6H,5H2,(H,17,18)(H2,14,15,16,19). The third kappa shape index (κ3) is 3.94. The summed E-state index contributed by atoms with van der Waals surface area (Å²) in [7, 11) is 0. The first-order chi connectivity index (χ1) is 9.54. The lowest BCUT2D eigenvalue weighted by Crippen LogP contribution is -2.19. The number of aliphatic carboxylic acids is 1. The Morgan fingerprint density at radius 3 is 2.75 bits per heavy atom. The van der Waals surface area contributed by atoms with Gasteiger partial charge in [-0.15, -0.1) is 11.3 Å². The molecule has 3 N–H and O–H groups in total. The van der Waals surface area contributed by atoms with Crippen molar-refractivity contribution >= 4 is 45.8 Å². The molecule has 0 aliphatic carbocycles. The van der Waals surface area contributed by atoms with Crippen LogP contribution in [0.25, 0.3) is 0 Å². The highest BCUT2D eigenvalue weighted by molar-refractivity contribution is 7.13. The molecule has 0 aliphatic heterocycles. The minimum absolute atomic E-state index is 0.176. The summed E-state index contributed by atoms with van der Waals surface area (Å²) < 4.78 is 0. The van der Waals surface area contributed by atoms with E-state index in [9.17, 15) is 9.59 Å². The van der Waals surface area contributed by atoms with Gasteiger partial charge in [-0.1, -0.05) is 23.7 Å². The number of halogens is 1. The second-order valence-electron chi connectivity index (χ2n) is 3.77. The number of rotatable bonds is 4. The summed E-state index contributed by atoms with van der Waals surface area (Å²) in [5.74, 6) is -0.970. The van der Waals surface area contributed by atoms with Gasteiger partial charge >= 0.3 is 12.0 Å². The van der Waals surface area contributed by atoms with E-state index in [4.69, 9.17) is 16.7 Å². The summed E-state index contributed by atoms with van der Waals surface area (Å²) in [5, 5.41) is 16.1. The molecule has 0 aliphatic rings. The number of hydrogen-bond acceptors (Lipinski definition) is 4. The molecule has 1 aromatic carbocycles. The Hall–Kier alpha value is -2.12. The van der Waals surface area contributed by atoms with Gasteiger partial charge in [-0.2, -0.15) is 0 Å². The summed E-state index contributed by atoms with van der Waals surface area (Å²) in [6.07, 6.45) is -0.176. The van der Waals surface area contributed by atoms with Gasteiger partial charge in [-0.25, -0.2) is 9.78 Å². The zero-order valence-corrected chi connectivity index (χ0v) is 11.7. The van der Waals surface area contributed by atoms with Crippen LogP contribution in [0.1, 0.15) is 5.69 Å². The van der Waals surface area contributed by atoms with Crippen molar-refractivity contribution < 1.29 is 14.7 Å². The molecule has 1 aromatic heterocycles. The Labute approximate surface area is 123 Å². The maximum atomic E-state index is 11.7. The number of carboxylic acid groups (broad SMARTS) is 1. The van der Waals surface area contributed by atoms with Crippen LogP contribution in [0.15, 0.2) is 29.6 Å². The fourth-order valence-electron chi connectivity index (χ4n) is 1.41. The van der Waals surface area contributed by atoms with Gasteiger partial charge in [-0.3, -0.25) is 10.1 Å². The molecular formula is C12H10ClN3O3S. The summed E-state index contributed by atoms with van der Waals surface area (Å²) >= 11 is 7.07. The Morgan fingerprint density at radius 2 is 2.05 bits per heavy atom. The number of hydrogen-bond donors (Lipinski definition) is 3. The Morgan fingerprint density at radius 1 is 1.30 bits per heavy atom. The van der Waals surface area contributed by atoms with Crippen LogP contribution in [-0.2, 0) is 11.2 Å². The zero-order chi connectivity index (χ0) is 14.5. The molecule has 8 heteroatoms. The lowest BCUT2D eigenvalue weighted by atomic mass is 10.3. The first-order valence-electron chi connectivity index (χ1n) is 5.53. The summed E-state index contributed by atoms with van der Waals surface area (Å²) in [6.45, 7) is 0. The fraction of sp³-hybridized carbons (Fsp3) is 0.0833. The highest BCUT2D eigenvalue weighted by Crippen LogP contribution is 2.21. The van der Waals surface area contributed by atoms with Crippen LogP contribution in [0, 0.1) is 0 Å². The van der Waals surface area contributed by atoms with Crippen molar-refractivity contribution in [1.29, 1.82) is 0 Å². The summed E-state index contributed by atoms with van der Waals surface area (Å²) in [5.41, 5.74) is 0.879. The predicted octanol–water partition coefficient (Wildman–Crippen LogP) is 3.07. The van der Waals surface area contributed by atoms with Gasteiger partial charge < -0.3 is 10.4 Å². The average Bonchev–Trinajstić information content (AvgIpc) is 2.78. The number of nitrogens with zero attached hydrogens (tertiary/aromatic N) is 1. The number of urea groups is 1. The number of anilines is 2. The Balaban J connectivity index is 1.96. The third-order valence-electron chi connectivity index (χ3n) is 2.23. The molecule has 104 valence electrons. The van der Waals surface area contributed by atoms with Crippen molar-refractivity contribution in [3.63, 3.8) is 0 Å². The van der Waals surface area contributed by atoms with Crippen molar-refractivity contribution in [2.45, 2.75) is 6.42 Å². The quantitative estimate of drug-likeness (QED) is 0.809. The first kappa shape index (κ1) is 14.3. The van der Waals surface area contributed by atoms with E-state index in [2.05, 4.69) is 15.6 Å². The van der Waals surface area contributed by atoms with Gasteiger partial charge in [0.05, 0.1) is 22.8 Å². The normalized spacial score (nSPS) is 10.1. The number of aromatic nitrogens is 1. The van der Waals surface area contributed by atoms with Crippen LogP contribution in [0.3, 0.4) is 0 Å². The van der Waals surface area contributed by atoms with Crippen molar-refractivity contribution in [3.05, 3.63) is 40.4 Å². The molecule has 0 spiro atoms. The van der Waals surface area contributed by atoms with Crippen molar-refractivity contribution in [1.82, 2.24) is 4.98 Å². The minimum atomic E-state index is -0.970. The van der Waals surface area contributed by atoms with E-state index in [0.717, 1.165) is 11.3 Å². The minimum Gasteiger partial charge on any atom is -0.481 e. The number of nitrogens with one attached hydrogen (secondary N) is 2. The largest absolute Gasteiger partial charge is 0.481 e. The molecule has 1 heterocycles. The maximum Gasteiger partial charge on any atom is 0.325 e. The van der Waals surface area contributed by atoms with Gasteiger partial charge in [0.25, 0.3) is 0 Å². The molecule has 0 saturated carbocycles. The number of benzene rings is 1. The molecule has 2 amide bonds. The summed E-state index contributed by atoms with van der Waals surface area (Å²) in [4.78, 5) is 26.3. The van der Waals surface area contributed by atoms with E-state index in [1.807, 2.05) is 0 Å². The first-order valence-corrected chi connectivity index (χ1v) is 6.79. The molecule has 0 unspecified atom stereocenters. The smallest absolute Gasteiger partial charge is 0.325 e. The lowest BCUT2D eigenvalue weighted by Gasteiger charge is -2.06. The lowest BCUT2D eigenvalue weighted by molar-refractivity contribution is -0.136. The van der Waals surface area contributed by atoms with Crippen molar-refractivity contribution in [3.8, 4) is 0 Å². The van der Waals surface area contributed by atoms with Crippen LogP contribution in [0.4, 0.5) is 15.6 Å². The highest BCUT2D eigenvalue weighted by atomic mass is 35.5.